The van der Waals surface area contributed by atoms with E-state index in [0.29, 0.717) is 12.0 Å². The Balaban J connectivity index is 3.23. The number of aromatic hydroxyl groups is 1. The highest BCUT2D eigenvalue weighted by Gasteiger charge is 2.09. The van der Waals surface area contributed by atoms with Crippen LogP contribution in [0, 0.1) is 11.3 Å². The molecule has 0 unspecified atom stereocenters. The van der Waals surface area contributed by atoms with Gasteiger partial charge in [0, 0.05) is 12.0 Å². The summed E-state index contributed by atoms with van der Waals surface area (Å²) in [6.45, 7) is 1.73. The molecule has 0 aliphatic rings. The van der Waals surface area contributed by atoms with Crippen LogP contribution in [-0.2, 0) is 0 Å². The summed E-state index contributed by atoms with van der Waals surface area (Å²) in [5, 5.41) is 17.7. The third-order valence-corrected chi connectivity index (χ3v) is 1.75. The zero-order valence-electron chi connectivity index (χ0n) is 7.24. The lowest BCUT2D eigenvalue weighted by Crippen LogP contribution is -1.99. The fraction of sp³-hybridized carbons (Fsp3) is 0.200. The lowest BCUT2D eigenvalue weighted by molar-refractivity contribution is 0.0988. The molecule has 0 aromatic heterocycles. The van der Waals surface area contributed by atoms with E-state index in [0.717, 1.165) is 0 Å². The number of hydrogen-bond donors (Lipinski definition) is 1. The largest absolute Gasteiger partial charge is 0.508 e. The Kier molecular flexibility index (Phi) is 2.65. The van der Waals surface area contributed by atoms with E-state index < -0.39 is 0 Å². The van der Waals surface area contributed by atoms with Gasteiger partial charge in [-0.05, 0) is 18.2 Å². The molecule has 0 amide bonds. The summed E-state index contributed by atoms with van der Waals surface area (Å²) in [7, 11) is 0. The fourth-order valence-corrected chi connectivity index (χ4v) is 1.06. The second kappa shape index (κ2) is 3.72. The summed E-state index contributed by atoms with van der Waals surface area (Å²) in [6.07, 6.45) is 0.361. The fourth-order valence-electron chi connectivity index (χ4n) is 1.06. The van der Waals surface area contributed by atoms with Gasteiger partial charge in [0.1, 0.15) is 11.8 Å². The maximum Gasteiger partial charge on any atom is 0.163 e. The number of ketones is 1. The monoisotopic (exact) mass is 175 g/mol. The molecule has 0 heterocycles. The van der Waals surface area contributed by atoms with Crippen molar-refractivity contribution in [2.75, 3.05) is 0 Å². The van der Waals surface area contributed by atoms with E-state index in [2.05, 4.69) is 0 Å². The molecule has 0 spiro atoms. The summed E-state index contributed by atoms with van der Waals surface area (Å²) in [6, 6.07) is 6.04. The summed E-state index contributed by atoms with van der Waals surface area (Å²) < 4.78 is 0. The lowest BCUT2D eigenvalue weighted by atomic mass is 10.0. The number of nitriles is 1. The quantitative estimate of drug-likeness (QED) is 0.698. The zero-order chi connectivity index (χ0) is 9.84. The van der Waals surface area contributed by atoms with Gasteiger partial charge >= 0.3 is 0 Å². The molecule has 0 aliphatic carbocycles. The number of rotatable bonds is 2. The summed E-state index contributed by atoms with van der Waals surface area (Å²) >= 11 is 0. The van der Waals surface area contributed by atoms with Crippen LogP contribution in [0.3, 0.4) is 0 Å². The van der Waals surface area contributed by atoms with Crippen LogP contribution >= 0.6 is 0 Å². The first-order valence-electron chi connectivity index (χ1n) is 3.95. The first kappa shape index (κ1) is 9.27. The highest BCUT2D eigenvalue weighted by molar-refractivity contribution is 5.98. The van der Waals surface area contributed by atoms with Gasteiger partial charge in [-0.15, -0.1) is 0 Å². The minimum Gasteiger partial charge on any atom is -0.508 e. The van der Waals surface area contributed by atoms with Gasteiger partial charge in [-0.3, -0.25) is 4.79 Å². The first-order chi connectivity index (χ1) is 6.19. The molecule has 0 atom stereocenters. The van der Waals surface area contributed by atoms with Crippen molar-refractivity contribution in [2.45, 2.75) is 13.3 Å². The molecule has 0 aliphatic heterocycles. The summed E-state index contributed by atoms with van der Waals surface area (Å²) in [5.41, 5.74) is 0.606. The van der Waals surface area contributed by atoms with E-state index in [1.165, 1.54) is 18.2 Å². The van der Waals surface area contributed by atoms with Crippen molar-refractivity contribution in [3.05, 3.63) is 29.3 Å². The standard InChI is InChI=1S/C10H9NO2/c1-2-10(13)9-4-3-8(12)5-7(9)6-11/h3-5,12H,2H2,1H3. The number of phenolic OH excluding ortho intramolecular Hbond substituents is 1. The normalized spacial score (nSPS) is 9.23. The van der Waals surface area contributed by atoms with E-state index in [1.807, 2.05) is 6.07 Å². The van der Waals surface area contributed by atoms with Gasteiger partial charge < -0.3 is 5.11 Å². The number of carbonyl (C=O) groups is 1. The first-order valence-corrected chi connectivity index (χ1v) is 3.95. The summed E-state index contributed by atoms with van der Waals surface area (Å²) in [5.74, 6) is -0.0826. The molecule has 0 radical (unpaired) electrons. The van der Waals surface area contributed by atoms with E-state index in [1.54, 1.807) is 6.92 Å². The van der Waals surface area contributed by atoms with Crippen LogP contribution in [0.2, 0.25) is 0 Å². The number of hydrogen-bond acceptors (Lipinski definition) is 3. The third-order valence-electron chi connectivity index (χ3n) is 1.75. The Hall–Kier alpha value is -1.82. The van der Waals surface area contributed by atoms with Crippen LogP contribution in [0.25, 0.3) is 0 Å². The minimum atomic E-state index is -0.0865. The molecule has 1 aromatic carbocycles. The predicted molar refractivity (Wildman–Crippen MR) is 47.4 cm³/mol. The van der Waals surface area contributed by atoms with E-state index in [-0.39, 0.29) is 17.1 Å². The van der Waals surface area contributed by atoms with Crippen LogP contribution < -0.4 is 0 Å². The molecule has 13 heavy (non-hydrogen) atoms. The van der Waals surface area contributed by atoms with Crippen molar-refractivity contribution in [2.24, 2.45) is 0 Å². The van der Waals surface area contributed by atoms with Crippen molar-refractivity contribution < 1.29 is 9.90 Å². The van der Waals surface area contributed by atoms with Crippen LogP contribution in [0.4, 0.5) is 0 Å². The molecule has 3 heteroatoms. The van der Waals surface area contributed by atoms with Crippen molar-refractivity contribution in [3.63, 3.8) is 0 Å². The molecule has 1 aromatic rings. The Labute approximate surface area is 76.2 Å². The average molecular weight is 175 g/mol. The molecule has 0 saturated carbocycles. The minimum absolute atomic E-state index is 0.00389. The number of benzene rings is 1. The molecule has 0 fully saturated rings. The Bertz CT molecular complexity index is 377. The lowest BCUT2D eigenvalue weighted by Gasteiger charge is -2.00. The van der Waals surface area contributed by atoms with E-state index >= 15 is 0 Å². The van der Waals surface area contributed by atoms with Crippen LogP contribution in [-0.4, -0.2) is 10.9 Å². The predicted octanol–water partition coefficient (Wildman–Crippen LogP) is 1.86. The highest BCUT2D eigenvalue weighted by atomic mass is 16.3. The van der Waals surface area contributed by atoms with Crippen LogP contribution in [0.15, 0.2) is 18.2 Å². The second-order valence-electron chi connectivity index (χ2n) is 2.62. The Morgan fingerprint density at radius 3 is 2.85 bits per heavy atom. The molecule has 1 rings (SSSR count). The molecular weight excluding hydrogens is 166 g/mol. The molecule has 1 N–H and O–H groups in total. The van der Waals surface area contributed by atoms with Gasteiger partial charge in [-0.2, -0.15) is 5.26 Å². The molecule has 0 saturated heterocycles. The Morgan fingerprint density at radius 1 is 1.62 bits per heavy atom. The van der Waals surface area contributed by atoms with Crippen molar-refractivity contribution in [1.29, 1.82) is 5.26 Å². The number of Topliss-reactive ketones (excluding diaryl/α,β-unsaturated/α-hetero) is 1. The van der Waals surface area contributed by atoms with Crippen LogP contribution in [0.5, 0.6) is 5.75 Å². The Morgan fingerprint density at radius 2 is 2.31 bits per heavy atom. The van der Waals surface area contributed by atoms with E-state index in [9.17, 15) is 4.79 Å². The van der Waals surface area contributed by atoms with Gasteiger partial charge in [0.05, 0.1) is 5.56 Å². The van der Waals surface area contributed by atoms with Gasteiger partial charge in [-0.1, -0.05) is 6.92 Å². The smallest absolute Gasteiger partial charge is 0.163 e. The van der Waals surface area contributed by atoms with Gasteiger partial charge in [0.2, 0.25) is 0 Å². The number of carbonyl (C=O) groups excluding carboxylic acids is 1. The average Bonchev–Trinajstić information content (AvgIpc) is 2.16. The molecule has 3 nitrogen and oxygen atoms in total. The van der Waals surface area contributed by atoms with Gasteiger partial charge in [-0.25, -0.2) is 0 Å². The topological polar surface area (TPSA) is 61.1 Å². The van der Waals surface area contributed by atoms with Gasteiger partial charge in [0.25, 0.3) is 0 Å². The maximum absolute atomic E-state index is 11.3. The number of nitrogens with zero attached hydrogens (tertiary/aromatic N) is 1. The summed E-state index contributed by atoms with van der Waals surface area (Å²) in [4.78, 5) is 11.3. The maximum atomic E-state index is 11.3. The molecule has 0 bridgehead atoms. The van der Waals surface area contributed by atoms with E-state index in [4.69, 9.17) is 10.4 Å². The second-order valence-corrected chi connectivity index (χ2v) is 2.62. The van der Waals surface area contributed by atoms with Crippen molar-refractivity contribution in [1.82, 2.24) is 0 Å². The third kappa shape index (κ3) is 1.85. The van der Waals surface area contributed by atoms with Gasteiger partial charge in [0.15, 0.2) is 5.78 Å². The zero-order valence-corrected chi connectivity index (χ0v) is 7.24. The van der Waals surface area contributed by atoms with Crippen molar-refractivity contribution >= 4 is 5.78 Å². The van der Waals surface area contributed by atoms with Crippen LogP contribution in [0.1, 0.15) is 29.3 Å². The highest BCUT2D eigenvalue weighted by Crippen LogP contribution is 2.16. The van der Waals surface area contributed by atoms with Crippen molar-refractivity contribution in [3.8, 4) is 11.8 Å². The SMILES string of the molecule is CCC(=O)c1ccc(O)cc1C#N. The molecule has 66 valence electrons. The molecular formula is C10H9NO2. The number of phenols is 1.